The summed E-state index contributed by atoms with van der Waals surface area (Å²) in [6, 6.07) is 7.20. The molecule has 2 N–H and O–H groups in total. The van der Waals surface area contributed by atoms with Crippen molar-refractivity contribution in [3.05, 3.63) is 29.3 Å². The minimum absolute atomic E-state index is 0.375. The second-order valence-corrected chi connectivity index (χ2v) is 4.25. The number of nitrogens with zero attached hydrogens (tertiary/aromatic N) is 1. The van der Waals surface area contributed by atoms with Crippen molar-refractivity contribution in [2.45, 2.75) is 23.8 Å². The monoisotopic (exact) mass is 251 g/mol. The zero-order chi connectivity index (χ0) is 12.8. The first-order chi connectivity index (χ1) is 8.11. The van der Waals surface area contributed by atoms with Gasteiger partial charge in [0.2, 0.25) is 0 Å². The summed E-state index contributed by atoms with van der Waals surface area (Å²) in [5.74, 6) is -1.27. The number of benzene rings is 1. The van der Waals surface area contributed by atoms with Crippen LogP contribution in [0.1, 0.15) is 23.7 Å². The number of thioether (sulfide) groups is 1. The van der Waals surface area contributed by atoms with Crippen LogP contribution in [0, 0.1) is 11.3 Å². The highest BCUT2D eigenvalue weighted by atomic mass is 32.2. The van der Waals surface area contributed by atoms with Crippen LogP contribution in [0.15, 0.2) is 23.1 Å². The molecule has 1 aromatic rings. The average molecular weight is 251 g/mol. The number of rotatable bonds is 5. The molecule has 0 bridgehead atoms. The van der Waals surface area contributed by atoms with Gasteiger partial charge in [-0.25, -0.2) is 4.79 Å². The summed E-state index contributed by atoms with van der Waals surface area (Å²) in [4.78, 5) is 11.5. The number of nitriles is 1. The van der Waals surface area contributed by atoms with Crippen LogP contribution in [0.25, 0.3) is 0 Å². The highest BCUT2D eigenvalue weighted by Gasteiger charge is 2.20. The molecular formula is C12H13NO3S. The largest absolute Gasteiger partial charge is 0.479 e. The predicted molar refractivity (Wildman–Crippen MR) is 64.8 cm³/mol. The van der Waals surface area contributed by atoms with Gasteiger partial charge in [-0.2, -0.15) is 5.26 Å². The van der Waals surface area contributed by atoms with Gasteiger partial charge in [0, 0.05) is 16.9 Å². The van der Waals surface area contributed by atoms with Crippen LogP contribution >= 0.6 is 11.8 Å². The number of hydrogen-bond acceptors (Lipinski definition) is 4. The van der Waals surface area contributed by atoms with Crippen LogP contribution in [-0.2, 0) is 11.2 Å². The number of aliphatic hydroxyl groups excluding tert-OH is 1. The first-order valence-electron chi connectivity index (χ1n) is 5.05. The molecule has 0 spiro atoms. The maximum atomic E-state index is 10.8. The molecule has 0 saturated heterocycles. The van der Waals surface area contributed by atoms with E-state index in [0.29, 0.717) is 18.4 Å². The van der Waals surface area contributed by atoms with E-state index in [4.69, 9.17) is 10.4 Å². The first kappa shape index (κ1) is 13.6. The van der Waals surface area contributed by atoms with Gasteiger partial charge >= 0.3 is 5.97 Å². The molecule has 1 aromatic carbocycles. The predicted octanol–water partition coefficient (Wildman–Crippen LogP) is 1.98. The van der Waals surface area contributed by atoms with Crippen molar-refractivity contribution >= 4 is 17.7 Å². The molecule has 1 rings (SSSR count). The number of carbonyl (C=O) groups is 1. The van der Waals surface area contributed by atoms with Gasteiger partial charge < -0.3 is 10.2 Å². The van der Waals surface area contributed by atoms with E-state index in [1.807, 2.05) is 12.3 Å². The normalized spacial score (nSPS) is 11.8. The minimum atomic E-state index is -1.51. The second-order valence-electron chi connectivity index (χ2n) is 3.44. The smallest absolute Gasteiger partial charge is 0.337 e. The van der Waals surface area contributed by atoms with Gasteiger partial charge in [-0.1, -0.05) is 18.2 Å². The molecule has 0 radical (unpaired) electrons. The van der Waals surface area contributed by atoms with E-state index in [1.165, 1.54) is 11.8 Å². The standard InChI is InChI=1S/C12H13NO3S/c1-17-11-8(5-3-7-13)4-2-6-9(11)10(14)12(15)16/h2,4,6,10,14H,3,5H2,1H3,(H,15,16). The summed E-state index contributed by atoms with van der Waals surface area (Å²) >= 11 is 1.39. The van der Waals surface area contributed by atoms with Crippen LogP contribution in [0.2, 0.25) is 0 Å². The number of aryl methyl sites for hydroxylation is 1. The highest BCUT2D eigenvalue weighted by Crippen LogP contribution is 2.30. The van der Waals surface area contributed by atoms with Crippen LogP contribution in [0.4, 0.5) is 0 Å². The lowest BCUT2D eigenvalue weighted by Gasteiger charge is -2.14. The molecule has 4 nitrogen and oxygen atoms in total. The Hall–Kier alpha value is -1.51. The zero-order valence-corrected chi connectivity index (χ0v) is 10.2. The van der Waals surface area contributed by atoms with Crippen LogP contribution in [0.5, 0.6) is 0 Å². The lowest BCUT2D eigenvalue weighted by Crippen LogP contribution is -2.12. The van der Waals surface area contributed by atoms with Gasteiger partial charge in [0.25, 0.3) is 0 Å². The molecule has 0 fully saturated rings. The summed E-state index contributed by atoms with van der Waals surface area (Å²) in [5, 5.41) is 27.0. The summed E-state index contributed by atoms with van der Waals surface area (Å²) in [6.45, 7) is 0. The van der Waals surface area contributed by atoms with E-state index in [0.717, 1.165) is 10.5 Å². The zero-order valence-electron chi connectivity index (χ0n) is 9.38. The van der Waals surface area contributed by atoms with E-state index in [2.05, 4.69) is 6.07 Å². The van der Waals surface area contributed by atoms with Gasteiger partial charge in [0.1, 0.15) is 0 Å². The van der Waals surface area contributed by atoms with E-state index in [9.17, 15) is 9.90 Å². The van der Waals surface area contributed by atoms with E-state index >= 15 is 0 Å². The Morgan fingerprint density at radius 2 is 2.29 bits per heavy atom. The molecule has 0 aliphatic carbocycles. The summed E-state index contributed by atoms with van der Waals surface area (Å²) < 4.78 is 0. The third kappa shape index (κ3) is 3.22. The van der Waals surface area contributed by atoms with Crippen LogP contribution in [-0.4, -0.2) is 22.4 Å². The summed E-state index contributed by atoms with van der Waals surface area (Å²) in [6.07, 6.45) is 1.25. The average Bonchev–Trinajstić information content (AvgIpc) is 2.34. The van der Waals surface area contributed by atoms with Crippen molar-refractivity contribution in [2.75, 3.05) is 6.26 Å². The van der Waals surface area contributed by atoms with Gasteiger partial charge in [-0.15, -0.1) is 11.8 Å². The van der Waals surface area contributed by atoms with E-state index < -0.39 is 12.1 Å². The molecule has 0 amide bonds. The molecule has 0 heterocycles. The fourth-order valence-corrected chi connectivity index (χ4v) is 2.44. The number of aliphatic carboxylic acids is 1. The number of carboxylic acid groups (broad SMARTS) is 1. The fourth-order valence-electron chi connectivity index (χ4n) is 1.59. The van der Waals surface area contributed by atoms with Crippen LogP contribution in [0.3, 0.4) is 0 Å². The third-order valence-electron chi connectivity index (χ3n) is 2.37. The van der Waals surface area contributed by atoms with E-state index in [-0.39, 0.29) is 0 Å². The highest BCUT2D eigenvalue weighted by molar-refractivity contribution is 7.98. The molecule has 5 heteroatoms. The van der Waals surface area contributed by atoms with Crippen molar-refractivity contribution in [2.24, 2.45) is 0 Å². The summed E-state index contributed by atoms with van der Waals surface area (Å²) in [7, 11) is 0. The maximum Gasteiger partial charge on any atom is 0.337 e. The molecule has 0 aromatic heterocycles. The molecule has 1 unspecified atom stereocenters. The number of hydrogen-bond donors (Lipinski definition) is 2. The second kappa shape index (κ2) is 6.28. The minimum Gasteiger partial charge on any atom is -0.479 e. The van der Waals surface area contributed by atoms with Gasteiger partial charge in [-0.05, 0) is 18.2 Å². The molecule has 0 aliphatic rings. The van der Waals surface area contributed by atoms with E-state index in [1.54, 1.807) is 12.1 Å². The Bertz CT molecular complexity index is 454. The lowest BCUT2D eigenvalue weighted by atomic mass is 10.0. The SMILES string of the molecule is CSc1c(CCC#N)cccc1C(O)C(=O)O. The molecule has 17 heavy (non-hydrogen) atoms. The molecule has 1 atom stereocenters. The lowest BCUT2D eigenvalue weighted by molar-refractivity contribution is -0.147. The van der Waals surface area contributed by atoms with Crippen molar-refractivity contribution < 1.29 is 15.0 Å². The topological polar surface area (TPSA) is 81.3 Å². The van der Waals surface area contributed by atoms with Crippen molar-refractivity contribution in [1.29, 1.82) is 5.26 Å². The van der Waals surface area contributed by atoms with Crippen molar-refractivity contribution in [3.8, 4) is 6.07 Å². The Morgan fingerprint density at radius 1 is 1.59 bits per heavy atom. The summed E-state index contributed by atoms with van der Waals surface area (Å²) in [5.41, 5.74) is 1.29. The van der Waals surface area contributed by atoms with Crippen molar-refractivity contribution in [1.82, 2.24) is 0 Å². The molecule has 0 aliphatic heterocycles. The Morgan fingerprint density at radius 3 is 2.82 bits per heavy atom. The number of aliphatic hydroxyl groups is 1. The van der Waals surface area contributed by atoms with Crippen LogP contribution < -0.4 is 0 Å². The van der Waals surface area contributed by atoms with Gasteiger partial charge in [0.05, 0.1) is 6.07 Å². The molecule has 0 saturated carbocycles. The fraction of sp³-hybridized carbons (Fsp3) is 0.333. The quantitative estimate of drug-likeness (QED) is 0.782. The Balaban J connectivity index is 3.14. The Labute approximate surface area is 104 Å². The Kier molecular flexibility index (Phi) is 5.01. The van der Waals surface area contributed by atoms with Gasteiger partial charge in [-0.3, -0.25) is 0 Å². The van der Waals surface area contributed by atoms with Gasteiger partial charge in [0.15, 0.2) is 6.10 Å². The molecule has 90 valence electrons. The number of carboxylic acids is 1. The molecular weight excluding hydrogens is 238 g/mol. The first-order valence-corrected chi connectivity index (χ1v) is 6.28. The maximum absolute atomic E-state index is 10.8. The third-order valence-corrected chi connectivity index (χ3v) is 3.27. The van der Waals surface area contributed by atoms with Crippen molar-refractivity contribution in [3.63, 3.8) is 0 Å².